The fourth-order valence-electron chi connectivity index (χ4n) is 1.56. The number of unbranched alkanes of at least 4 members (excludes halogenated alkanes) is 1. The fourth-order valence-corrected chi connectivity index (χ4v) is 1.56. The van der Waals surface area contributed by atoms with Crippen LogP contribution in [-0.4, -0.2) is 18.1 Å². The van der Waals surface area contributed by atoms with E-state index in [0.29, 0.717) is 12.1 Å². The first-order valence-corrected chi connectivity index (χ1v) is 5.36. The number of nitrogens with one attached hydrogen (secondary N) is 2. The van der Waals surface area contributed by atoms with Crippen LogP contribution in [0.5, 0.6) is 0 Å². The summed E-state index contributed by atoms with van der Waals surface area (Å²) in [5, 5.41) is 3.25. The zero-order valence-electron chi connectivity index (χ0n) is 8.95. The topological polar surface area (TPSA) is 84.0 Å². The molecule has 1 aromatic carbocycles. The van der Waals surface area contributed by atoms with Gasteiger partial charge in [-0.1, -0.05) is 0 Å². The predicted octanol–water partition coefficient (Wildman–Crippen LogP) is 1.27. The van der Waals surface area contributed by atoms with Gasteiger partial charge in [0.25, 0.3) is 0 Å². The number of H-pyrrole nitrogens is 1. The molecular formula is C11H15N3O2. The summed E-state index contributed by atoms with van der Waals surface area (Å²) in [4.78, 5) is 13.5. The van der Waals surface area contributed by atoms with Gasteiger partial charge in [-0.2, -0.15) is 0 Å². The fraction of sp³-hybridized carbons (Fsp3) is 0.364. The van der Waals surface area contributed by atoms with E-state index >= 15 is 0 Å². The maximum Gasteiger partial charge on any atom is 0.417 e. The summed E-state index contributed by atoms with van der Waals surface area (Å²) < 4.78 is 4.96. The van der Waals surface area contributed by atoms with Gasteiger partial charge in [0, 0.05) is 18.3 Å². The van der Waals surface area contributed by atoms with Gasteiger partial charge in [0.15, 0.2) is 5.58 Å². The molecule has 0 atom stereocenters. The second kappa shape index (κ2) is 4.85. The highest BCUT2D eigenvalue weighted by molar-refractivity contribution is 5.76. The molecule has 1 heterocycles. The van der Waals surface area contributed by atoms with Crippen LogP contribution >= 0.6 is 0 Å². The third kappa shape index (κ3) is 2.43. The number of nitrogens with two attached hydrogens (primary N) is 1. The number of benzene rings is 1. The van der Waals surface area contributed by atoms with Crippen molar-refractivity contribution in [2.24, 2.45) is 5.73 Å². The zero-order valence-corrected chi connectivity index (χ0v) is 8.95. The van der Waals surface area contributed by atoms with Gasteiger partial charge in [-0.25, -0.2) is 4.79 Å². The molecule has 1 aromatic heterocycles. The highest BCUT2D eigenvalue weighted by atomic mass is 16.4. The molecule has 4 N–H and O–H groups in total. The van der Waals surface area contributed by atoms with Gasteiger partial charge in [0.2, 0.25) is 0 Å². The molecule has 86 valence electrons. The summed E-state index contributed by atoms with van der Waals surface area (Å²) >= 11 is 0. The lowest BCUT2D eigenvalue weighted by Crippen LogP contribution is -2.05. The number of rotatable bonds is 5. The van der Waals surface area contributed by atoms with E-state index in [1.807, 2.05) is 18.2 Å². The Bertz CT molecular complexity index is 515. The molecule has 0 fully saturated rings. The van der Waals surface area contributed by atoms with E-state index in [1.54, 1.807) is 0 Å². The highest BCUT2D eigenvalue weighted by Crippen LogP contribution is 2.16. The van der Waals surface area contributed by atoms with E-state index in [4.69, 9.17) is 10.2 Å². The van der Waals surface area contributed by atoms with Gasteiger partial charge in [-0.3, -0.25) is 4.98 Å². The quantitative estimate of drug-likeness (QED) is 0.664. The molecule has 0 unspecified atom stereocenters. The largest absolute Gasteiger partial charge is 0.417 e. The lowest BCUT2D eigenvalue weighted by molar-refractivity contribution is 0.555. The van der Waals surface area contributed by atoms with Gasteiger partial charge >= 0.3 is 5.76 Å². The van der Waals surface area contributed by atoms with E-state index < -0.39 is 5.76 Å². The molecule has 0 spiro atoms. The third-order valence-corrected chi connectivity index (χ3v) is 2.38. The van der Waals surface area contributed by atoms with Crippen molar-refractivity contribution in [3.63, 3.8) is 0 Å². The van der Waals surface area contributed by atoms with Crippen molar-refractivity contribution in [3.05, 3.63) is 28.7 Å². The summed E-state index contributed by atoms with van der Waals surface area (Å²) in [6.45, 7) is 1.59. The average Bonchev–Trinajstić information content (AvgIpc) is 2.64. The van der Waals surface area contributed by atoms with Crippen molar-refractivity contribution in [2.45, 2.75) is 12.8 Å². The molecular weight excluding hydrogens is 206 g/mol. The first-order valence-electron chi connectivity index (χ1n) is 5.36. The van der Waals surface area contributed by atoms with E-state index in [-0.39, 0.29) is 0 Å². The minimum Gasteiger partial charge on any atom is -0.408 e. The number of hydrogen-bond donors (Lipinski definition) is 3. The third-order valence-electron chi connectivity index (χ3n) is 2.38. The van der Waals surface area contributed by atoms with Gasteiger partial charge in [0.05, 0.1) is 5.52 Å². The molecule has 0 aliphatic rings. The lowest BCUT2D eigenvalue weighted by Gasteiger charge is -2.04. The molecule has 0 saturated carbocycles. The Kier molecular flexibility index (Phi) is 3.26. The van der Waals surface area contributed by atoms with Crippen LogP contribution in [0.3, 0.4) is 0 Å². The van der Waals surface area contributed by atoms with Gasteiger partial charge in [-0.15, -0.1) is 0 Å². The molecule has 16 heavy (non-hydrogen) atoms. The van der Waals surface area contributed by atoms with E-state index in [2.05, 4.69) is 10.3 Å². The normalized spacial score (nSPS) is 10.8. The molecule has 2 rings (SSSR count). The molecule has 5 nitrogen and oxygen atoms in total. The molecule has 0 aliphatic heterocycles. The number of aromatic amines is 1. The Hall–Kier alpha value is -1.75. The minimum atomic E-state index is -0.421. The van der Waals surface area contributed by atoms with Gasteiger partial charge in [-0.05, 0) is 31.5 Å². The zero-order chi connectivity index (χ0) is 11.4. The number of aromatic nitrogens is 1. The maximum absolute atomic E-state index is 10.9. The molecule has 2 aromatic rings. The first kappa shape index (κ1) is 10.8. The lowest BCUT2D eigenvalue weighted by atomic mass is 10.2. The van der Waals surface area contributed by atoms with Gasteiger partial charge in [0.1, 0.15) is 0 Å². The summed E-state index contributed by atoms with van der Waals surface area (Å²) in [6, 6.07) is 5.55. The van der Waals surface area contributed by atoms with Crippen LogP contribution in [0, 0.1) is 0 Å². The van der Waals surface area contributed by atoms with Gasteiger partial charge < -0.3 is 15.5 Å². The second-order valence-electron chi connectivity index (χ2n) is 3.65. The van der Waals surface area contributed by atoms with E-state index in [0.717, 1.165) is 30.6 Å². The summed E-state index contributed by atoms with van der Waals surface area (Å²) in [7, 11) is 0. The van der Waals surface area contributed by atoms with E-state index in [9.17, 15) is 4.79 Å². The molecule has 0 radical (unpaired) electrons. The van der Waals surface area contributed by atoms with Crippen LogP contribution in [0.4, 0.5) is 5.69 Å². The van der Waals surface area contributed by atoms with Crippen LogP contribution < -0.4 is 16.8 Å². The predicted molar refractivity (Wildman–Crippen MR) is 63.6 cm³/mol. The first-order chi connectivity index (χ1) is 7.79. The Morgan fingerprint density at radius 2 is 2.25 bits per heavy atom. The van der Waals surface area contributed by atoms with Crippen LogP contribution in [0.15, 0.2) is 27.4 Å². The molecule has 0 aliphatic carbocycles. The van der Waals surface area contributed by atoms with Crippen LogP contribution in [0.25, 0.3) is 11.1 Å². The van der Waals surface area contributed by atoms with Crippen molar-refractivity contribution >= 4 is 16.8 Å². The summed E-state index contributed by atoms with van der Waals surface area (Å²) in [6.07, 6.45) is 2.04. The maximum atomic E-state index is 10.9. The van der Waals surface area contributed by atoms with Crippen molar-refractivity contribution in [2.75, 3.05) is 18.4 Å². The average molecular weight is 221 g/mol. The second-order valence-corrected chi connectivity index (χ2v) is 3.65. The Labute approximate surface area is 92.6 Å². The number of anilines is 1. The van der Waals surface area contributed by atoms with Crippen LogP contribution in [-0.2, 0) is 0 Å². The van der Waals surface area contributed by atoms with Crippen molar-refractivity contribution in [1.82, 2.24) is 4.98 Å². The molecule has 0 amide bonds. The van der Waals surface area contributed by atoms with Crippen molar-refractivity contribution < 1.29 is 4.42 Å². The van der Waals surface area contributed by atoms with Crippen molar-refractivity contribution in [1.29, 1.82) is 0 Å². The molecule has 5 heteroatoms. The number of hydrogen-bond acceptors (Lipinski definition) is 4. The smallest absolute Gasteiger partial charge is 0.408 e. The molecule has 0 saturated heterocycles. The Balaban J connectivity index is 2.04. The number of fused-ring (bicyclic) bond motifs is 1. The van der Waals surface area contributed by atoms with Crippen LogP contribution in [0.2, 0.25) is 0 Å². The SMILES string of the molecule is NCCCCNc1ccc2[nH]c(=O)oc2c1. The molecule has 0 bridgehead atoms. The standard InChI is InChI=1S/C11H15N3O2/c12-5-1-2-6-13-8-3-4-9-10(7-8)16-11(15)14-9/h3-4,7,13H,1-2,5-6,12H2,(H,14,15). The summed E-state index contributed by atoms with van der Waals surface area (Å²) in [5.74, 6) is -0.421. The minimum absolute atomic E-state index is 0.421. The van der Waals surface area contributed by atoms with Crippen molar-refractivity contribution in [3.8, 4) is 0 Å². The Morgan fingerprint density at radius 1 is 1.38 bits per heavy atom. The number of oxazole rings is 1. The van der Waals surface area contributed by atoms with E-state index in [1.165, 1.54) is 0 Å². The summed E-state index contributed by atoms with van der Waals surface area (Å²) in [5.41, 5.74) is 7.65. The monoisotopic (exact) mass is 221 g/mol. The van der Waals surface area contributed by atoms with Crippen LogP contribution in [0.1, 0.15) is 12.8 Å². The Morgan fingerprint density at radius 3 is 3.06 bits per heavy atom. The highest BCUT2D eigenvalue weighted by Gasteiger charge is 2.01.